The summed E-state index contributed by atoms with van der Waals surface area (Å²) in [6, 6.07) is 7.76. The maximum atomic E-state index is 12.2. The summed E-state index contributed by atoms with van der Waals surface area (Å²) in [4.78, 5) is 12.2. The van der Waals surface area contributed by atoms with E-state index in [1.807, 2.05) is 24.3 Å². The largest absolute Gasteiger partial charge is 0.381 e. The van der Waals surface area contributed by atoms with Crippen LogP contribution in [-0.2, 0) is 16.0 Å². The van der Waals surface area contributed by atoms with E-state index in [0.717, 1.165) is 10.0 Å². The van der Waals surface area contributed by atoms with E-state index in [1.165, 1.54) is 0 Å². The number of carbonyl (C=O) groups is 1. The lowest BCUT2D eigenvalue weighted by Crippen LogP contribution is -2.52. The molecule has 4 heteroatoms. The maximum absolute atomic E-state index is 12.2. The maximum Gasteiger partial charge on any atom is 0.157 e. The third-order valence-electron chi connectivity index (χ3n) is 3.25. The van der Waals surface area contributed by atoms with Crippen molar-refractivity contribution in [3.63, 3.8) is 0 Å². The lowest BCUT2D eigenvalue weighted by Gasteiger charge is -2.31. The predicted molar refractivity (Wildman–Crippen MR) is 69.8 cm³/mol. The van der Waals surface area contributed by atoms with Gasteiger partial charge < -0.3 is 10.5 Å². The van der Waals surface area contributed by atoms with E-state index in [0.29, 0.717) is 32.5 Å². The van der Waals surface area contributed by atoms with Gasteiger partial charge in [-0.25, -0.2) is 0 Å². The summed E-state index contributed by atoms with van der Waals surface area (Å²) < 4.78 is 6.21. The molecule has 17 heavy (non-hydrogen) atoms. The van der Waals surface area contributed by atoms with E-state index >= 15 is 0 Å². The first-order chi connectivity index (χ1) is 8.12. The van der Waals surface area contributed by atoms with Crippen molar-refractivity contribution in [2.24, 2.45) is 5.73 Å². The van der Waals surface area contributed by atoms with E-state index < -0.39 is 5.54 Å². The summed E-state index contributed by atoms with van der Waals surface area (Å²) >= 11 is 3.45. The SMILES string of the molecule is NC1(C(=O)Cc2ccccc2Br)CCOCC1. The van der Waals surface area contributed by atoms with Crippen LogP contribution in [0.5, 0.6) is 0 Å². The van der Waals surface area contributed by atoms with Gasteiger partial charge in [0.05, 0.1) is 5.54 Å². The highest BCUT2D eigenvalue weighted by Crippen LogP contribution is 2.23. The number of Topliss-reactive ketones (excluding diaryl/α,β-unsaturated/α-hetero) is 1. The summed E-state index contributed by atoms with van der Waals surface area (Å²) in [7, 11) is 0. The van der Waals surface area contributed by atoms with Crippen LogP contribution in [0.25, 0.3) is 0 Å². The molecule has 1 fully saturated rings. The van der Waals surface area contributed by atoms with E-state index in [1.54, 1.807) is 0 Å². The Labute approximate surface area is 109 Å². The highest BCUT2D eigenvalue weighted by molar-refractivity contribution is 9.10. The topological polar surface area (TPSA) is 52.3 Å². The molecule has 3 nitrogen and oxygen atoms in total. The number of halogens is 1. The molecule has 0 aliphatic carbocycles. The van der Waals surface area contributed by atoms with Crippen molar-refractivity contribution in [1.29, 1.82) is 0 Å². The van der Waals surface area contributed by atoms with Crippen LogP contribution < -0.4 is 5.73 Å². The summed E-state index contributed by atoms with van der Waals surface area (Å²) in [5.41, 5.74) is 6.45. The molecule has 0 spiro atoms. The van der Waals surface area contributed by atoms with Crippen molar-refractivity contribution in [3.05, 3.63) is 34.3 Å². The van der Waals surface area contributed by atoms with Crippen molar-refractivity contribution >= 4 is 21.7 Å². The van der Waals surface area contributed by atoms with Crippen LogP contribution in [0.4, 0.5) is 0 Å². The second-order valence-corrected chi connectivity index (χ2v) is 5.31. The Hall–Kier alpha value is -0.710. The zero-order valence-corrected chi connectivity index (χ0v) is 11.2. The van der Waals surface area contributed by atoms with Crippen LogP contribution in [0.3, 0.4) is 0 Å². The summed E-state index contributed by atoms with van der Waals surface area (Å²) in [5.74, 6) is 0.104. The lowest BCUT2D eigenvalue weighted by atomic mass is 9.84. The van der Waals surface area contributed by atoms with Crippen molar-refractivity contribution < 1.29 is 9.53 Å². The molecule has 0 aromatic heterocycles. The van der Waals surface area contributed by atoms with E-state index in [-0.39, 0.29) is 5.78 Å². The third kappa shape index (κ3) is 2.94. The molecule has 0 unspecified atom stereocenters. The van der Waals surface area contributed by atoms with Crippen LogP contribution in [0.15, 0.2) is 28.7 Å². The van der Waals surface area contributed by atoms with Crippen molar-refractivity contribution in [1.82, 2.24) is 0 Å². The number of nitrogens with two attached hydrogens (primary N) is 1. The van der Waals surface area contributed by atoms with Gasteiger partial charge in [-0.05, 0) is 24.5 Å². The van der Waals surface area contributed by atoms with Gasteiger partial charge in [0.25, 0.3) is 0 Å². The Morgan fingerprint density at radius 3 is 2.65 bits per heavy atom. The van der Waals surface area contributed by atoms with E-state index in [2.05, 4.69) is 15.9 Å². The van der Waals surface area contributed by atoms with Gasteiger partial charge in [-0.15, -0.1) is 0 Å². The average Bonchev–Trinajstić information content (AvgIpc) is 2.33. The average molecular weight is 298 g/mol. The molecule has 1 aromatic carbocycles. The molecule has 0 atom stereocenters. The van der Waals surface area contributed by atoms with Gasteiger partial charge in [0.15, 0.2) is 5.78 Å². The van der Waals surface area contributed by atoms with Crippen LogP contribution in [0.1, 0.15) is 18.4 Å². The minimum atomic E-state index is -0.701. The van der Waals surface area contributed by atoms with Crippen molar-refractivity contribution in [3.8, 4) is 0 Å². The first-order valence-electron chi connectivity index (χ1n) is 5.75. The fourth-order valence-electron chi connectivity index (χ4n) is 2.01. The Bertz CT molecular complexity index is 414. The molecule has 1 aliphatic rings. The molecule has 0 bridgehead atoms. The molecule has 1 aliphatic heterocycles. The predicted octanol–water partition coefficient (Wildman–Crippen LogP) is 2.07. The summed E-state index contributed by atoms with van der Waals surface area (Å²) in [6.45, 7) is 1.16. The number of hydrogen-bond donors (Lipinski definition) is 1. The molecular weight excluding hydrogens is 282 g/mol. The Morgan fingerprint density at radius 1 is 1.35 bits per heavy atom. The summed E-state index contributed by atoms with van der Waals surface area (Å²) in [6.07, 6.45) is 1.63. The Kier molecular flexibility index (Phi) is 3.97. The molecule has 0 radical (unpaired) electrons. The molecule has 92 valence electrons. The lowest BCUT2D eigenvalue weighted by molar-refractivity contribution is -0.126. The fraction of sp³-hybridized carbons (Fsp3) is 0.462. The quantitative estimate of drug-likeness (QED) is 0.929. The zero-order valence-electron chi connectivity index (χ0n) is 9.62. The second-order valence-electron chi connectivity index (χ2n) is 4.46. The number of carbonyl (C=O) groups excluding carboxylic acids is 1. The van der Waals surface area contributed by atoms with Gasteiger partial charge in [0.2, 0.25) is 0 Å². The molecule has 1 saturated heterocycles. The van der Waals surface area contributed by atoms with Gasteiger partial charge in [0, 0.05) is 24.1 Å². The summed E-state index contributed by atoms with van der Waals surface area (Å²) in [5, 5.41) is 0. The highest BCUT2D eigenvalue weighted by atomic mass is 79.9. The highest BCUT2D eigenvalue weighted by Gasteiger charge is 2.35. The number of hydrogen-bond acceptors (Lipinski definition) is 3. The van der Waals surface area contributed by atoms with Gasteiger partial charge in [-0.3, -0.25) is 4.79 Å². The molecule has 0 saturated carbocycles. The van der Waals surface area contributed by atoms with Crippen LogP contribution >= 0.6 is 15.9 Å². The molecule has 1 aromatic rings. The van der Waals surface area contributed by atoms with Gasteiger partial charge in [-0.1, -0.05) is 34.1 Å². The van der Waals surface area contributed by atoms with Crippen molar-refractivity contribution in [2.45, 2.75) is 24.8 Å². The molecule has 2 rings (SSSR count). The Balaban J connectivity index is 2.08. The number of ether oxygens (including phenoxy) is 1. The minimum absolute atomic E-state index is 0.104. The number of ketones is 1. The second kappa shape index (κ2) is 5.29. The first-order valence-corrected chi connectivity index (χ1v) is 6.54. The van der Waals surface area contributed by atoms with Gasteiger partial charge in [-0.2, -0.15) is 0 Å². The monoisotopic (exact) mass is 297 g/mol. The minimum Gasteiger partial charge on any atom is -0.381 e. The fourth-order valence-corrected chi connectivity index (χ4v) is 2.43. The molecule has 2 N–H and O–H groups in total. The van der Waals surface area contributed by atoms with Crippen molar-refractivity contribution in [2.75, 3.05) is 13.2 Å². The van der Waals surface area contributed by atoms with Crippen LogP contribution in [-0.4, -0.2) is 24.5 Å². The van der Waals surface area contributed by atoms with Crippen LogP contribution in [0.2, 0.25) is 0 Å². The van der Waals surface area contributed by atoms with Gasteiger partial charge in [0.1, 0.15) is 0 Å². The standard InChI is InChI=1S/C13H16BrNO2/c14-11-4-2-1-3-10(11)9-12(16)13(15)5-7-17-8-6-13/h1-4H,5-9,15H2. The van der Waals surface area contributed by atoms with E-state index in [4.69, 9.17) is 10.5 Å². The third-order valence-corrected chi connectivity index (χ3v) is 4.02. The first kappa shape index (κ1) is 12.7. The number of benzene rings is 1. The zero-order chi connectivity index (χ0) is 12.3. The molecule has 0 amide bonds. The molecular formula is C13H16BrNO2. The number of rotatable bonds is 3. The van der Waals surface area contributed by atoms with Gasteiger partial charge >= 0.3 is 0 Å². The van der Waals surface area contributed by atoms with E-state index in [9.17, 15) is 4.79 Å². The molecule has 1 heterocycles. The van der Waals surface area contributed by atoms with Crippen LogP contribution in [0, 0.1) is 0 Å². The smallest absolute Gasteiger partial charge is 0.157 e. The Morgan fingerprint density at radius 2 is 2.00 bits per heavy atom. The normalized spacial score (nSPS) is 18.9.